The van der Waals surface area contributed by atoms with Crippen LogP contribution in [0, 0.1) is 5.92 Å². The first-order chi connectivity index (χ1) is 12.0. The Hall–Kier alpha value is -1.27. The molecule has 0 aliphatic heterocycles. The topological polar surface area (TPSA) is 67.2 Å². The normalized spacial score (nSPS) is 20.0. The van der Waals surface area contributed by atoms with Crippen LogP contribution in [-0.4, -0.2) is 27.5 Å². The maximum Gasteiger partial charge on any atom is 0.291 e. The van der Waals surface area contributed by atoms with Crippen LogP contribution >= 0.6 is 34.8 Å². The summed E-state index contributed by atoms with van der Waals surface area (Å²) in [6, 6.07) is 5.53. The zero-order chi connectivity index (χ0) is 18.0. The van der Waals surface area contributed by atoms with E-state index in [4.69, 9.17) is 34.8 Å². The van der Waals surface area contributed by atoms with Crippen LogP contribution in [0.3, 0.4) is 0 Å². The van der Waals surface area contributed by atoms with E-state index in [1.807, 2.05) is 6.07 Å². The number of hydrogen-bond acceptors (Lipinski definition) is 4. The molecule has 0 spiro atoms. The van der Waals surface area contributed by atoms with Crippen LogP contribution in [-0.2, 0) is 0 Å². The fourth-order valence-electron chi connectivity index (χ4n) is 3.29. The molecule has 1 aliphatic rings. The van der Waals surface area contributed by atoms with Crippen molar-refractivity contribution in [3.05, 3.63) is 49.8 Å². The Balaban J connectivity index is 1.84. The highest BCUT2D eigenvalue weighted by Crippen LogP contribution is 2.33. The van der Waals surface area contributed by atoms with Crippen LogP contribution < -0.4 is 10.9 Å². The van der Waals surface area contributed by atoms with Crippen molar-refractivity contribution in [2.75, 3.05) is 11.9 Å². The molecule has 8 heteroatoms. The summed E-state index contributed by atoms with van der Waals surface area (Å²) in [6.45, 7) is 0.196. The number of hydrogen-bond donors (Lipinski definition) is 2. The van der Waals surface area contributed by atoms with Crippen LogP contribution in [0.5, 0.6) is 0 Å². The Bertz CT molecular complexity index is 825. The van der Waals surface area contributed by atoms with Crippen molar-refractivity contribution >= 4 is 40.5 Å². The predicted molar refractivity (Wildman–Crippen MR) is 101 cm³/mol. The van der Waals surface area contributed by atoms with Crippen LogP contribution in [0.2, 0.25) is 15.1 Å². The third-order valence-corrected chi connectivity index (χ3v) is 5.63. The summed E-state index contributed by atoms with van der Waals surface area (Å²) < 4.78 is 1.16. The van der Waals surface area contributed by atoms with Gasteiger partial charge in [-0.05, 0) is 43.4 Å². The van der Waals surface area contributed by atoms with Gasteiger partial charge in [0.05, 0.1) is 27.6 Å². The van der Waals surface area contributed by atoms with E-state index in [2.05, 4.69) is 10.4 Å². The molecule has 1 fully saturated rings. The summed E-state index contributed by atoms with van der Waals surface area (Å²) in [5, 5.41) is 17.2. The van der Waals surface area contributed by atoms with Crippen molar-refractivity contribution in [3.63, 3.8) is 0 Å². The molecule has 1 aliphatic carbocycles. The van der Waals surface area contributed by atoms with Gasteiger partial charge in [0.15, 0.2) is 0 Å². The molecule has 1 aromatic carbocycles. The Labute approximate surface area is 160 Å². The number of anilines is 1. The molecule has 2 unspecified atom stereocenters. The lowest BCUT2D eigenvalue weighted by Crippen LogP contribution is -2.25. The number of benzene rings is 1. The molecule has 25 heavy (non-hydrogen) atoms. The Morgan fingerprint density at radius 1 is 1.24 bits per heavy atom. The molecule has 3 rings (SSSR count). The summed E-state index contributed by atoms with van der Waals surface area (Å²) in [6.07, 6.45) is 5.41. The highest BCUT2D eigenvalue weighted by Gasteiger charge is 2.27. The molecule has 2 N–H and O–H groups in total. The second kappa shape index (κ2) is 7.96. The second-order valence-electron chi connectivity index (χ2n) is 6.14. The first-order valence-electron chi connectivity index (χ1n) is 8.12. The fraction of sp³-hybridized carbons (Fsp3) is 0.412. The SMILES string of the molecule is O=c1c(Cl)c(Cl)cnn1-c1ccc(NC2CCCC2CCO)c(Cl)c1. The molecule has 1 aromatic heterocycles. The molecule has 2 aromatic rings. The standard InChI is InChI=1S/C17H18Cl3N3O2/c18-12-8-11(23-17(25)16(20)13(19)9-21-23)4-5-15(12)22-14-3-1-2-10(14)6-7-24/h4-5,8-10,14,22,24H,1-3,6-7H2. The minimum Gasteiger partial charge on any atom is -0.396 e. The van der Waals surface area contributed by atoms with E-state index in [0.29, 0.717) is 22.7 Å². The fourth-order valence-corrected chi connectivity index (χ4v) is 3.77. The first kappa shape index (κ1) is 18.5. The zero-order valence-electron chi connectivity index (χ0n) is 13.4. The number of halogens is 3. The molecule has 0 bridgehead atoms. The third kappa shape index (κ3) is 3.95. The van der Waals surface area contributed by atoms with Crippen molar-refractivity contribution in [1.82, 2.24) is 9.78 Å². The number of rotatable bonds is 5. The van der Waals surface area contributed by atoms with E-state index >= 15 is 0 Å². The van der Waals surface area contributed by atoms with Gasteiger partial charge in [0, 0.05) is 12.6 Å². The molecule has 5 nitrogen and oxygen atoms in total. The molecule has 1 saturated carbocycles. The van der Waals surface area contributed by atoms with Crippen molar-refractivity contribution in [1.29, 1.82) is 0 Å². The van der Waals surface area contributed by atoms with Crippen molar-refractivity contribution in [3.8, 4) is 5.69 Å². The summed E-state index contributed by atoms with van der Waals surface area (Å²) in [5.41, 5.74) is 0.815. The molecule has 1 heterocycles. The van der Waals surface area contributed by atoms with Crippen LogP contribution in [0.15, 0.2) is 29.2 Å². The minimum absolute atomic E-state index is 0.0761. The summed E-state index contributed by atoms with van der Waals surface area (Å²) in [4.78, 5) is 12.2. The van der Waals surface area contributed by atoms with E-state index < -0.39 is 5.56 Å². The van der Waals surface area contributed by atoms with Crippen LogP contribution in [0.4, 0.5) is 5.69 Å². The molecule has 0 radical (unpaired) electrons. The average molecular weight is 403 g/mol. The monoisotopic (exact) mass is 401 g/mol. The zero-order valence-corrected chi connectivity index (χ0v) is 15.7. The largest absolute Gasteiger partial charge is 0.396 e. The van der Waals surface area contributed by atoms with Crippen LogP contribution in [0.25, 0.3) is 5.69 Å². The Kier molecular flexibility index (Phi) is 5.89. The lowest BCUT2D eigenvalue weighted by Gasteiger charge is -2.22. The summed E-state index contributed by atoms with van der Waals surface area (Å²) in [5.74, 6) is 0.445. The maximum atomic E-state index is 12.2. The average Bonchev–Trinajstić information content (AvgIpc) is 3.02. The first-order valence-corrected chi connectivity index (χ1v) is 9.25. The molecule has 0 amide bonds. The Morgan fingerprint density at radius 2 is 2.04 bits per heavy atom. The summed E-state index contributed by atoms with van der Waals surface area (Å²) in [7, 11) is 0. The summed E-state index contributed by atoms with van der Waals surface area (Å²) >= 11 is 18.1. The number of aromatic nitrogens is 2. The number of aliphatic hydroxyl groups excluding tert-OH is 1. The van der Waals surface area contributed by atoms with Gasteiger partial charge in [-0.3, -0.25) is 4.79 Å². The lowest BCUT2D eigenvalue weighted by molar-refractivity contribution is 0.254. The Morgan fingerprint density at radius 3 is 2.76 bits per heavy atom. The van der Waals surface area contributed by atoms with E-state index in [1.54, 1.807) is 12.1 Å². The molecular weight excluding hydrogens is 385 g/mol. The third-order valence-electron chi connectivity index (χ3n) is 4.57. The maximum absolute atomic E-state index is 12.2. The lowest BCUT2D eigenvalue weighted by atomic mass is 10.00. The molecule has 134 valence electrons. The van der Waals surface area contributed by atoms with Gasteiger partial charge in [0.25, 0.3) is 5.56 Å². The van der Waals surface area contributed by atoms with Gasteiger partial charge >= 0.3 is 0 Å². The minimum atomic E-state index is -0.496. The number of nitrogens with one attached hydrogen (secondary N) is 1. The van der Waals surface area contributed by atoms with Gasteiger partial charge < -0.3 is 10.4 Å². The van der Waals surface area contributed by atoms with Crippen molar-refractivity contribution in [2.45, 2.75) is 31.7 Å². The predicted octanol–water partition coefficient (Wildman–Crippen LogP) is 4.16. The second-order valence-corrected chi connectivity index (χ2v) is 7.33. The van der Waals surface area contributed by atoms with Crippen molar-refractivity contribution < 1.29 is 5.11 Å². The highest BCUT2D eigenvalue weighted by atomic mass is 35.5. The van der Waals surface area contributed by atoms with Crippen molar-refractivity contribution in [2.24, 2.45) is 5.92 Å². The van der Waals surface area contributed by atoms with E-state index in [9.17, 15) is 9.90 Å². The highest BCUT2D eigenvalue weighted by molar-refractivity contribution is 6.41. The number of nitrogens with zero attached hydrogens (tertiary/aromatic N) is 2. The van der Waals surface area contributed by atoms with Gasteiger partial charge in [-0.1, -0.05) is 41.2 Å². The smallest absolute Gasteiger partial charge is 0.291 e. The van der Waals surface area contributed by atoms with E-state index in [0.717, 1.165) is 36.1 Å². The van der Waals surface area contributed by atoms with Gasteiger partial charge in [-0.2, -0.15) is 9.78 Å². The van der Waals surface area contributed by atoms with E-state index in [1.165, 1.54) is 6.20 Å². The van der Waals surface area contributed by atoms with Crippen LogP contribution in [0.1, 0.15) is 25.7 Å². The van der Waals surface area contributed by atoms with Gasteiger partial charge in [-0.15, -0.1) is 0 Å². The molecular formula is C17H18Cl3N3O2. The molecule has 2 atom stereocenters. The quantitative estimate of drug-likeness (QED) is 0.788. The molecule has 0 saturated heterocycles. The number of aliphatic hydroxyl groups is 1. The van der Waals surface area contributed by atoms with Gasteiger partial charge in [0.1, 0.15) is 5.02 Å². The van der Waals surface area contributed by atoms with Gasteiger partial charge in [-0.25, -0.2) is 0 Å². The van der Waals surface area contributed by atoms with E-state index in [-0.39, 0.29) is 16.7 Å². The van der Waals surface area contributed by atoms with Gasteiger partial charge in [0.2, 0.25) is 0 Å².